The zero-order chi connectivity index (χ0) is 22.6. The molecule has 2 aromatic rings. The van der Waals surface area contributed by atoms with Gasteiger partial charge in [0, 0.05) is 17.3 Å². The maximum atomic E-state index is 13.1. The third-order valence-electron chi connectivity index (χ3n) is 5.58. The maximum absolute atomic E-state index is 13.1. The number of anilines is 1. The van der Waals surface area contributed by atoms with Gasteiger partial charge in [-0.25, -0.2) is 9.38 Å². The Morgan fingerprint density at radius 3 is 2.31 bits per heavy atom. The van der Waals surface area contributed by atoms with Crippen molar-refractivity contribution in [2.45, 2.75) is 37.8 Å². The number of carbonyl (C=O) groups is 1. The molecule has 32 heavy (non-hydrogen) atoms. The van der Waals surface area contributed by atoms with E-state index in [-0.39, 0.29) is 17.5 Å². The number of rotatable bonds is 6. The number of methoxy groups -OCH3 is 2. The highest BCUT2D eigenvalue weighted by Crippen LogP contribution is 2.39. The Morgan fingerprint density at radius 2 is 1.69 bits per heavy atom. The summed E-state index contributed by atoms with van der Waals surface area (Å²) < 4.78 is 24.0. The first kappa shape index (κ1) is 22.3. The topological polar surface area (TPSA) is 72.3 Å². The van der Waals surface area contributed by atoms with Gasteiger partial charge >= 0.3 is 0 Å². The molecule has 168 valence electrons. The lowest BCUT2D eigenvalue weighted by molar-refractivity contribution is -0.113. The van der Waals surface area contributed by atoms with Crippen molar-refractivity contribution in [3.05, 3.63) is 53.8 Å². The molecule has 1 spiro atoms. The molecule has 8 heteroatoms. The quantitative estimate of drug-likeness (QED) is 0.660. The number of thioether (sulfide) groups is 1. The Balaban J connectivity index is 1.56. The molecule has 0 unspecified atom stereocenters. The van der Waals surface area contributed by atoms with Crippen molar-refractivity contribution in [3.63, 3.8) is 0 Å². The van der Waals surface area contributed by atoms with E-state index in [1.165, 1.54) is 42.4 Å². The summed E-state index contributed by atoms with van der Waals surface area (Å²) in [6, 6.07) is 11.4. The molecule has 0 aromatic heterocycles. The van der Waals surface area contributed by atoms with Gasteiger partial charge in [-0.15, -0.1) is 0 Å². The van der Waals surface area contributed by atoms with Crippen molar-refractivity contribution in [2.75, 3.05) is 25.3 Å². The molecule has 1 heterocycles. The molecule has 1 aliphatic heterocycles. The lowest BCUT2D eigenvalue weighted by atomic mass is 9.90. The first-order valence-corrected chi connectivity index (χ1v) is 11.6. The molecular formula is C24H26FN3O3S. The van der Waals surface area contributed by atoms with Crippen LogP contribution >= 0.6 is 11.8 Å². The van der Waals surface area contributed by atoms with Crippen LogP contribution in [0.25, 0.3) is 0 Å². The zero-order valence-corrected chi connectivity index (χ0v) is 19.0. The fourth-order valence-electron chi connectivity index (χ4n) is 3.96. The van der Waals surface area contributed by atoms with Gasteiger partial charge in [-0.1, -0.05) is 18.2 Å². The van der Waals surface area contributed by atoms with Crippen LogP contribution < -0.4 is 14.8 Å². The normalized spacial score (nSPS) is 17.0. The summed E-state index contributed by atoms with van der Waals surface area (Å²) in [7, 11) is 3.22. The van der Waals surface area contributed by atoms with Crippen molar-refractivity contribution >= 4 is 34.1 Å². The van der Waals surface area contributed by atoms with Crippen molar-refractivity contribution in [1.29, 1.82) is 0 Å². The summed E-state index contributed by atoms with van der Waals surface area (Å²) >= 11 is 1.36. The molecule has 0 atom stereocenters. The molecule has 4 rings (SSSR count). The first-order valence-electron chi connectivity index (χ1n) is 10.6. The number of ether oxygens (including phenoxy) is 2. The monoisotopic (exact) mass is 455 g/mol. The molecule has 0 saturated heterocycles. The number of hydrogen-bond acceptors (Lipinski definition) is 6. The van der Waals surface area contributed by atoms with Gasteiger partial charge in [-0.2, -0.15) is 0 Å². The van der Waals surface area contributed by atoms with E-state index in [1.807, 2.05) is 18.2 Å². The van der Waals surface area contributed by atoms with E-state index >= 15 is 0 Å². The van der Waals surface area contributed by atoms with E-state index in [2.05, 4.69) is 5.32 Å². The Labute approximate surface area is 191 Å². The van der Waals surface area contributed by atoms with Crippen LogP contribution in [0.5, 0.6) is 11.5 Å². The summed E-state index contributed by atoms with van der Waals surface area (Å²) in [6.45, 7) is 0. The average molecular weight is 456 g/mol. The van der Waals surface area contributed by atoms with Gasteiger partial charge in [0.15, 0.2) is 5.66 Å². The van der Waals surface area contributed by atoms with Crippen LogP contribution in [0.1, 0.15) is 37.7 Å². The summed E-state index contributed by atoms with van der Waals surface area (Å²) in [4.78, 5) is 22.6. The van der Waals surface area contributed by atoms with Gasteiger partial charge < -0.3 is 14.8 Å². The summed E-state index contributed by atoms with van der Waals surface area (Å²) in [5.41, 5.74) is 1.73. The van der Waals surface area contributed by atoms with Crippen LogP contribution in [0.15, 0.2) is 52.4 Å². The molecule has 6 nitrogen and oxygen atoms in total. The van der Waals surface area contributed by atoms with Gasteiger partial charge in [0.2, 0.25) is 5.91 Å². The molecule has 0 radical (unpaired) electrons. The van der Waals surface area contributed by atoms with Gasteiger partial charge in [0.25, 0.3) is 0 Å². The van der Waals surface area contributed by atoms with Crippen LogP contribution in [0, 0.1) is 5.82 Å². The van der Waals surface area contributed by atoms with E-state index in [9.17, 15) is 9.18 Å². The maximum Gasteiger partial charge on any atom is 0.234 e. The van der Waals surface area contributed by atoms with Crippen LogP contribution in [-0.2, 0) is 4.79 Å². The number of halogens is 1. The van der Waals surface area contributed by atoms with Crippen LogP contribution in [0.3, 0.4) is 0 Å². The molecule has 1 saturated carbocycles. The minimum absolute atomic E-state index is 0.173. The number of amides is 1. The smallest absolute Gasteiger partial charge is 0.234 e. The number of aliphatic imine (C=N–C) groups is 2. The van der Waals surface area contributed by atoms with Crippen LogP contribution in [0.2, 0.25) is 0 Å². The SMILES string of the molecule is COc1cc(OC)cc(C2=NC3(CCCCC3)N=C2SCC(=O)Nc2ccc(F)cc2)c1. The predicted octanol–water partition coefficient (Wildman–Crippen LogP) is 5.08. The Kier molecular flexibility index (Phi) is 6.79. The zero-order valence-electron chi connectivity index (χ0n) is 18.2. The van der Waals surface area contributed by atoms with Crippen molar-refractivity contribution in [1.82, 2.24) is 0 Å². The Hall–Kier alpha value is -2.87. The summed E-state index contributed by atoms with van der Waals surface area (Å²) in [5.74, 6) is 0.989. The molecule has 2 aliphatic rings. The van der Waals surface area contributed by atoms with E-state index in [0.717, 1.165) is 42.0 Å². The standard InChI is InChI=1S/C24H26FN3O3S/c1-30-19-12-16(13-20(14-19)31-2)22-23(28-24(27-22)10-4-3-5-11-24)32-15-21(29)26-18-8-6-17(25)7-9-18/h6-9,12-14H,3-5,10-11,15H2,1-2H3,(H,26,29). The second-order valence-electron chi connectivity index (χ2n) is 7.87. The van der Waals surface area contributed by atoms with Crippen LogP contribution in [0.4, 0.5) is 10.1 Å². The minimum Gasteiger partial charge on any atom is -0.497 e. The van der Waals surface area contributed by atoms with Gasteiger partial charge in [-0.3, -0.25) is 9.79 Å². The second kappa shape index (κ2) is 9.73. The molecule has 1 aliphatic carbocycles. The van der Waals surface area contributed by atoms with Gasteiger partial charge in [0.05, 0.1) is 25.7 Å². The molecule has 2 aromatic carbocycles. The van der Waals surface area contributed by atoms with E-state index in [1.54, 1.807) is 14.2 Å². The highest BCUT2D eigenvalue weighted by molar-refractivity contribution is 8.16. The molecule has 1 fully saturated rings. The highest BCUT2D eigenvalue weighted by Gasteiger charge is 2.38. The number of carbonyl (C=O) groups excluding carboxylic acids is 1. The first-order chi connectivity index (χ1) is 15.5. The van der Waals surface area contributed by atoms with Crippen LogP contribution in [-0.4, -0.2) is 42.3 Å². The lowest BCUT2D eigenvalue weighted by Crippen LogP contribution is -2.25. The molecule has 0 bridgehead atoms. The fraction of sp³-hybridized carbons (Fsp3) is 0.375. The fourth-order valence-corrected chi connectivity index (χ4v) is 4.84. The third kappa shape index (κ3) is 5.12. The highest BCUT2D eigenvalue weighted by atomic mass is 32.2. The minimum atomic E-state index is -0.445. The van der Waals surface area contributed by atoms with E-state index in [0.29, 0.717) is 17.2 Å². The van der Waals surface area contributed by atoms with Crippen molar-refractivity contribution in [2.24, 2.45) is 9.98 Å². The molecule has 1 N–H and O–H groups in total. The van der Waals surface area contributed by atoms with E-state index in [4.69, 9.17) is 19.5 Å². The third-order valence-corrected chi connectivity index (χ3v) is 6.54. The largest absolute Gasteiger partial charge is 0.497 e. The summed E-state index contributed by atoms with van der Waals surface area (Å²) in [6.07, 6.45) is 5.18. The molecule has 1 amide bonds. The van der Waals surface area contributed by atoms with E-state index < -0.39 is 5.66 Å². The lowest BCUT2D eigenvalue weighted by Gasteiger charge is -2.27. The number of hydrogen-bond donors (Lipinski definition) is 1. The molecular weight excluding hydrogens is 429 g/mol. The summed E-state index contributed by atoms with van der Waals surface area (Å²) in [5, 5.41) is 3.54. The number of nitrogens with zero attached hydrogens (tertiary/aromatic N) is 2. The second-order valence-corrected chi connectivity index (χ2v) is 8.83. The number of nitrogens with one attached hydrogen (secondary N) is 1. The Morgan fingerprint density at radius 1 is 1.03 bits per heavy atom. The predicted molar refractivity (Wildman–Crippen MR) is 127 cm³/mol. The van der Waals surface area contributed by atoms with Crippen molar-refractivity contribution < 1.29 is 18.7 Å². The Bertz CT molecular complexity index is 1020. The van der Waals surface area contributed by atoms with Gasteiger partial charge in [0.1, 0.15) is 22.4 Å². The van der Waals surface area contributed by atoms with Gasteiger partial charge in [-0.05, 0) is 62.1 Å². The number of benzene rings is 2. The van der Waals surface area contributed by atoms with Crippen molar-refractivity contribution in [3.8, 4) is 11.5 Å². The average Bonchev–Trinajstić information content (AvgIpc) is 3.17.